The van der Waals surface area contributed by atoms with Gasteiger partial charge in [0, 0.05) is 11.5 Å². The molecular weight excluding hydrogens is 504 g/mol. The van der Waals surface area contributed by atoms with Crippen LogP contribution in [0.1, 0.15) is 29.8 Å². The maximum atomic E-state index is 10.7. The van der Waals surface area contributed by atoms with Crippen molar-refractivity contribution in [2.24, 2.45) is 0 Å². The van der Waals surface area contributed by atoms with E-state index in [-0.39, 0.29) is 85.2 Å². The molecule has 0 spiro atoms. The first kappa shape index (κ1) is 32.9. The molecule has 0 fully saturated rings. The second-order valence-electron chi connectivity index (χ2n) is 6.39. The molecule has 0 N–H and O–H groups in total. The zero-order valence-corrected chi connectivity index (χ0v) is 24.4. The molecule has 2 aromatic rings. The fraction of sp³-hybridized carbons (Fsp3) is 0.286. The van der Waals surface area contributed by atoms with E-state index >= 15 is 0 Å². The Bertz CT molecular complexity index is 1260. The first-order valence-electron chi connectivity index (χ1n) is 9.28. The second-order valence-corrected chi connectivity index (χ2v) is 9.44. The quantitative estimate of drug-likeness (QED) is 0.129. The SMILES string of the molecule is C#Cc1cccc(C#Cc2cc(OCCCS(=O)(=O)[O-])ccc2OCCCS(=O)(=O)[O-])n1.[Na+].[Na+]. The summed E-state index contributed by atoms with van der Waals surface area (Å²) < 4.78 is 75.2. The molecule has 0 bridgehead atoms. The van der Waals surface area contributed by atoms with Crippen molar-refractivity contribution in [2.45, 2.75) is 12.8 Å². The van der Waals surface area contributed by atoms with Gasteiger partial charge in [0.25, 0.3) is 0 Å². The summed E-state index contributed by atoms with van der Waals surface area (Å²) in [5, 5.41) is 0. The number of hydrogen-bond acceptors (Lipinski definition) is 9. The summed E-state index contributed by atoms with van der Waals surface area (Å²) in [6, 6.07) is 9.66. The third-order valence-electron chi connectivity index (χ3n) is 3.78. The summed E-state index contributed by atoms with van der Waals surface area (Å²) in [5.74, 6) is 7.72. The first-order chi connectivity index (χ1) is 15.1. The van der Waals surface area contributed by atoms with Crippen LogP contribution < -0.4 is 68.6 Å². The average Bonchev–Trinajstić information content (AvgIpc) is 2.72. The van der Waals surface area contributed by atoms with Gasteiger partial charge in [0.1, 0.15) is 22.9 Å². The molecule has 9 nitrogen and oxygen atoms in total. The fourth-order valence-electron chi connectivity index (χ4n) is 2.38. The molecule has 170 valence electrons. The van der Waals surface area contributed by atoms with Crippen molar-refractivity contribution in [3.63, 3.8) is 0 Å². The third kappa shape index (κ3) is 13.7. The normalized spacial score (nSPS) is 10.5. The Balaban J connectivity index is 0.00000544. The Morgan fingerprint density at radius 1 is 0.853 bits per heavy atom. The molecular formula is C21H19NNa2O8S2. The van der Waals surface area contributed by atoms with Crippen LogP contribution in [-0.2, 0) is 20.2 Å². The number of nitrogens with zero attached hydrogens (tertiary/aromatic N) is 1. The minimum atomic E-state index is -4.34. The molecule has 1 aromatic heterocycles. The van der Waals surface area contributed by atoms with E-state index in [4.69, 9.17) is 15.9 Å². The van der Waals surface area contributed by atoms with Gasteiger partial charge in [-0.1, -0.05) is 17.9 Å². The summed E-state index contributed by atoms with van der Waals surface area (Å²) in [4.78, 5) is 4.17. The van der Waals surface area contributed by atoms with Crippen LogP contribution in [0.4, 0.5) is 0 Å². The van der Waals surface area contributed by atoms with Gasteiger partial charge in [-0.25, -0.2) is 21.8 Å². The number of rotatable bonds is 10. The molecule has 13 heteroatoms. The van der Waals surface area contributed by atoms with Gasteiger partial charge in [-0.15, -0.1) is 6.42 Å². The minimum absolute atomic E-state index is 0. The first-order valence-corrected chi connectivity index (χ1v) is 12.4. The van der Waals surface area contributed by atoms with E-state index in [0.29, 0.717) is 28.5 Å². The van der Waals surface area contributed by atoms with Crippen LogP contribution in [-0.4, -0.2) is 55.6 Å². The van der Waals surface area contributed by atoms with Crippen LogP contribution in [0.15, 0.2) is 36.4 Å². The minimum Gasteiger partial charge on any atom is -0.748 e. The average molecular weight is 523 g/mol. The molecule has 0 radical (unpaired) electrons. The molecule has 0 saturated heterocycles. The molecule has 1 heterocycles. The van der Waals surface area contributed by atoms with Gasteiger partial charge in [0.2, 0.25) is 0 Å². The van der Waals surface area contributed by atoms with Crippen LogP contribution in [0, 0.1) is 24.2 Å². The molecule has 1 aromatic carbocycles. The standard InChI is InChI=1S/C21H21NO8S2.2Na/c1-2-18-6-3-7-19(22-18)9-8-17-16-20(29-12-4-14-31(23,24)25)10-11-21(17)30-13-5-15-32(26,27)28;;/h1,3,6-7,10-11,16H,4-5,12-15H2,(H,23,24,25)(H,26,27,28);;/q;2*+1/p-2. The van der Waals surface area contributed by atoms with Gasteiger partial charge in [0.05, 0.1) is 39.0 Å². The van der Waals surface area contributed by atoms with Crippen molar-refractivity contribution < 1.29 is 94.5 Å². The van der Waals surface area contributed by atoms with Crippen LogP contribution in [0.2, 0.25) is 0 Å². The topological polar surface area (TPSA) is 146 Å². The number of benzene rings is 1. The predicted octanol–water partition coefficient (Wildman–Crippen LogP) is -4.90. The van der Waals surface area contributed by atoms with Crippen molar-refractivity contribution in [3.8, 4) is 35.7 Å². The molecule has 0 aliphatic carbocycles. The zero-order chi connectivity index (χ0) is 23.6. The van der Waals surface area contributed by atoms with Gasteiger partial charge in [-0.05, 0) is 49.1 Å². The molecule has 0 aliphatic rings. The third-order valence-corrected chi connectivity index (χ3v) is 5.35. The van der Waals surface area contributed by atoms with Crippen molar-refractivity contribution in [1.82, 2.24) is 4.98 Å². The summed E-state index contributed by atoms with van der Waals surface area (Å²) in [7, 11) is -8.66. The van der Waals surface area contributed by atoms with Crippen molar-refractivity contribution >= 4 is 20.2 Å². The second kappa shape index (κ2) is 15.8. The van der Waals surface area contributed by atoms with Crippen LogP contribution in [0.5, 0.6) is 11.5 Å². The van der Waals surface area contributed by atoms with E-state index in [0.717, 1.165) is 0 Å². The van der Waals surface area contributed by atoms with Crippen LogP contribution >= 0.6 is 0 Å². The molecule has 0 amide bonds. The monoisotopic (exact) mass is 523 g/mol. The molecule has 0 unspecified atom stereocenters. The van der Waals surface area contributed by atoms with E-state index < -0.39 is 31.7 Å². The molecule has 0 aliphatic heterocycles. The van der Waals surface area contributed by atoms with Gasteiger partial charge in [0.15, 0.2) is 0 Å². The predicted molar refractivity (Wildman–Crippen MR) is 114 cm³/mol. The Kier molecular flexibility index (Phi) is 15.3. The smallest absolute Gasteiger partial charge is 0.748 e. The van der Waals surface area contributed by atoms with Gasteiger partial charge in [-0.2, -0.15) is 0 Å². The van der Waals surface area contributed by atoms with E-state index in [9.17, 15) is 25.9 Å². The maximum Gasteiger partial charge on any atom is 1.00 e. The number of terminal acetylenes is 1. The molecule has 34 heavy (non-hydrogen) atoms. The Morgan fingerprint density at radius 3 is 2.03 bits per heavy atom. The molecule has 2 rings (SSSR count). The van der Waals surface area contributed by atoms with E-state index in [1.807, 2.05) is 0 Å². The van der Waals surface area contributed by atoms with Crippen molar-refractivity contribution in [2.75, 3.05) is 24.7 Å². The Morgan fingerprint density at radius 2 is 1.44 bits per heavy atom. The summed E-state index contributed by atoms with van der Waals surface area (Å²) >= 11 is 0. The summed E-state index contributed by atoms with van der Waals surface area (Å²) in [6.45, 7) is -0.0236. The van der Waals surface area contributed by atoms with Crippen LogP contribution in [0.25, 0.3) is 0 Å². The van der Waals surface area contributed by atoms with Crippen molar-refractivity contribution in [3.05, 3.63) is 53.3 Å². The number of aromatic nitrogens is 1. The largest absolute Gasteiger partial charge is 1.00 e. The summed E-state index contributed by atoms with van der Waals surface area (Å²) in [5.41, 5.74) is 1.21. The number of hydrogen-bond donors (Lipinski definition) is 0. The van der Waals surface area contributed by atoms with Crippen LogP contribution in [0.3, 0.4) is 0 Å². The zero-order valence-electron chi connectivity index (χ0n) is 18.8. The fourth-order valence-corrected chi connectivity index (χ4v) is 3.32. The molecule has 0 atom stereocenters. The molecule has 0 saturated carbocycles. The van der Waals surface area contributed by atoms with E-state index in [2.05, 4.69) is 22.7 Å². The van der Waals surface area contributed by atoms with Gasteiger partial charge in [-0.3, -0.25) is 0 Å². The van der Waals surface area contributed by atoms with E-state index in [1.54, 1.807) is 36.4 Å². The maximum absolute atomic E-state index is 10.7. The summed E-state index contributed by atoms with van der Waals surface area (Å²) in [6.07, 6.45) is 5.37. The van der Waals surface area contributed by atoms with Crippen molar-refractivity contribution in [1.29, 1.82) is 0 Å². The Hall–Kier alpha value is -1.09. The number of ether oxygens (including phenoxy) is 2. The van der Waals surface area contributed by atoms with Gasteiger partial charge < -0.3 is 18.6 Å². The Labute approximate surface area is 244 Å². The van der Waals surface area contributed by atoms with E-state index in [1.165, 1.54) is 0 Å². The van der Waals surface area contributed by atoms with Gasteiger partial charge >= 0.3 is 59.1 Å². The number of pyridine rings is 1.